The number of nitrogens with zero attached hydrogens (tertiary/aromatic N) is 3. The summed E-state index contributed by atoms with van der Waals surface area (Å²) in [5, 5.41) is 27.6. The van der Waals surface area contributed by atoms with E-state index in [0.717, 1.165) is 25.7 Å². The van der Waals surface area contributed by atoms with E-state index in [1.165, 1.54) is 167 Å². The van der Waals surface area contributed by atoms with E-state index in [-0.39, 0.29) is 49.8 Å². The molecule has 3 N–H and O–H groups in total. The van der Waals surface area contributed by atoms with Crippen LogP contribution in [0.25, 0.3) is 0 Å². The first-order chi connectivity index (χ1) is 29.9. The smallest absolute Gasteiger partial charge is 0.336 e. The third kappa shape index (κ3) is 25.1. The zero-order chi connectivity index (χ0) is 45.9. The molecule has 1 aromatic rings. The molecule has 0 spiro atoms. The molecule has 13 nitrogen and oxygen atoms in total. The molecule has 3 aliphatic rings. The van der Waals surface area contributed by atoms with Gasteiger partial charge in [-0.25, -0.2) is 37.7 Å². The van der Waals surface area contributed by atoms with Gasteiger partial charge in [0.05, 0.1) is 46.1 Å². The van der Waals surface area contributed by atoms with Crippen molar-refractivity contribution in [1.29, 1.82) is 0 Å². The lowest BCUT2D eigenvalue weighted by Gasteiger charge is -2.32. The Morgan fingerprint density at radius 3 is 0.984 bits per heavy atom. The topological polar surface area (TPSA) is 179 Å². The fraction of sp³-hybridized carbons (Fsp3) is 0.816. The van der Waals surface area contributed by atoms with Crippen molar-refractivity contribution in [3.63, 3.8) is 0 Å². The molecule has 1 aromatic heterocycles. The van der Waals surface area contributed by atoms with E-state index >= 15 is 0 Å². The van der Waals surface area contributed by atoms with Gasteiger partial charge in [0.1, 0.15) is 6.61 Å². The van der Waals surface area contributed by atoms with Crippen LogP contribution >= 0.6 is 0 Å². The number of ether oxygens (including phenoxy) is 2. The van der Waals surface area contributed by atoms with Gasteiger partial charge in [0.25, 0.3) is 0 Å². The molecule has 358 valence electrons. The summed E-state index contributed by atoms with van der Waals surface area (Å²) < 4.78 is 12.2. The third-order valence-corrected chi connectivity index (χ3v) is 12.0. The Bertz CT molecular complexity index is 1420. The average molecular weight is 878 g/mol. The monoisotopic (exact) mass is 878 g/mol. The van der Waals surface area contributed by atoms with Gasteiger partial charge < -0.3 is 24.8 Å². The average Bonchev–Trinajstić information content (AvgIpc) is 3.28. The molecule has 3 fully saturated rings. The van der Waals surface area contributed by atoms with Gasteiger partial charge in [0.2, 0.25) is 0 Å². The minimum absolute atomic E-state index is 0.108. The van der Waals surface area contributed by atoms with E-state index in [2.05, 4.69) is 13.2 Å². The van der Waals surface area contributed by atoms with Crippen LogP contribution in [0.4, 0.5) is 0 Å². The van der Waals surface area contributed by atoms with Crippen molar-refractivity contribution >= 4 is 11.9 Å². The molecule has 4 rings (SSSR count). The maximum absolute atomic E-state index is 12.1. The summed E-state index contributed by atoms with van der Waals surface area (Å²) in [6, 6.07) is 0. The quantitative estimate of drug-likeness (QED) is 0.136. The van der Waals surface area contributed by atoms with Crippen LogP contribution in [-0.4, -0.2) is 74.0 Å². The van der Waals surface area contributed by atoms with Crippen molar-refractivity contribution < 1.29 is 34.4 Å². The second-order valence-electron chi connectivity index (χ2n) is 17.7. The van der Waals surface area contributed by atoms with Gasteiger partial charge in [-0.05, 0) is 26.7 Å². The molecular formula is C49H87N3O10. The Labute approximate surface area is 373 Å². The van der Waals surface area contributed by atoms with Gasteiger partial charge in [-0.2, -0.15) is 0 Å². The largest absolute Gasteiger partial charge is 0.462 e. The normalized spacial score (nSPS) is 18.0. The summed E-state index contributed by atoms with van der Waals surface area (Å²) in [7, 11) is 0. The van der Waals surface area contributed by atoms with Crippen LogP contribution in [0.15, 0.2) is 38.7 Å². The Morgan fingerprint density at radius 2 is 0.726 bits per heavy atom. The van der Waals surface area contributed by atoms with Crippen LogP contribution in [0.2, 0.25) is 0 Å². The van der Waals surface area contributed by atoms with E-state index < -0.39 is 36.3 Å². The summed E-state index contributed by atoms with van der Waals surface area (Å²) in [6.07, 6.45) is 40.5. The number of aliphatic hydroxyl groups excluding tert-OH is 3. The Hall–Kier alpha value is -3.29. The summed E-state index contributed by atoms with van der Waals surface area (Å²) in [4.78, 5) is 59.1. The van der Waals surface area contributed by atoms with E-state index in [4.69, 9.17) is 19.7 Å². The molecule has 0 amide bonds. The predicted octanol–water partition coefficient (Wildman–Crippen LogP) is 8.69. The van der Waals surface area contributed by atoms with Gasteiger partial charge in [-0.1, -0.05) is 187 Å². The third-order valence-electron chi connectivity index (χ3n) is 12.0. The lowest BCUT2D eigenvalue weighted by molar-refractivity contribution is -0.144. The highest BCUT2D eigenvalue weighted by Crippen LogP contribution is 2.33. The van der Waals surface area contributed by atoms with Crippen LogP contribution in [-0.2, 0) is 38.7 Å². The van der Waals surface area contributed by atoms with Crippen LogP contribution in [0, 0.1) is 5.41 Å². The molecular weight excluding hydrogens is 791 g/mol. The molecule has 0 saturated heterocycles. The van der Waals surface area contributed by atoms with Crippen molar-refractivity contribution in [2.75, 3.05) is 33.0 Å². The van der Waals surface area contributed by atoms with Crippen molar-refractivity contribution in [2.45, 2.75) is 220 Å². The highest BCUT2D eigenvalue weighted by Gasteiger charge is 2.31. The molecule has 0 radical (unpaired) electrons. The molecule has 13 heteroatoms. The molecule has 3 saturated carbocycles. The first-order valence-corrected chi connectivity index (χ1v) is 24.4. The predicted molar refractivity (Wildman–Crippen MR) is 248 cm³/mol. The maximum atomic E-state index is 12.1. The second-order valence-corrected chi connectivity index (χ2v) is 17.7. The number of hydrogen-bond acceptors (Lipinski definition) is 10. The van der Waals surface area contributed by atoms with Gasteiger partial charge in [0, 0.05) is 16.6 Å². The zero-order valence-electron chi connectivity index (χ0n) is 39.1. The van der Waals surface area contributed by atoms with Gasteiger partial charge >= 0.3 is 29.0 Å². The summed E-state index contributed by atoms with van der Waals surface area (Å²) in [5.41, 5.74) is -2.40. The van der Waals surface area contributed by atoms with Crippen LogP contribution in [0.1, 0.15) is 200 Å². The number of esters is 2. The molecule has 0 bridgehead atoms. The minimum Gasteiger partial charge on any atom is -0.462 e. The number of aliphatic hydroxyl groups is 3. The van der Waals surface area contributed by atoms with Crippen LogP contribution < -0.4 is 17.1 Å². The fourth-order valence-corrected chi connectivity index (χ4v) is 8.04. The first-order valence-electron chi connectivity index (χ1n) is 24.4. The van der Waals surface area contributed by atoms with E-state index in [9.17, 15) is 29.1 Å². The maximum Gasteiger partial charge on any atom is 0.336 e. The Kier molecular flexibility index (Phi) is 33.0. The van der Waals surface area contributed by atoms with Crippen molar-refractivity contribution in [3.8, 4) is 0 Å². The fourth-order valence-electron chi connectivity index (χ4n) is 8.04. The summed E-state index contributed by atoms with van der Waals surface area (Å²) in [5.74, 6) is -1.01. The number of carbonyl (C=O) groups is 2. The highest BCUT2D eigenvalue weighted by molar-refractivity contribution is 5.87. The Balaban J connectivity index is 0.000000439. The molecule has 3 aliphatic carbocycles. The minimum atomic E-state index is -0.922. The summed E-state index contributed by atoms with van der Waals surface area (Å²) in [6.45, 7) is 8.44. The Morgan fingerprint density at radius 1 is 0.468 bits per heavy atom. The summed E-state index contributed by atoms with van der Waals surface area (Å²) >= 11 is 0. The second kappa shape index (κ2) is 36.1. The number of aromatic nitrogens is 3. The van der Waals surface area contributed by atoms with Crippen molar-refractivity contribution in [1.82, 2.24) is 13.7 Å². The number of carbonyl (C=O) groups excluding carboxylic acids is 2. The van der Waals surface area contributed by atoms with Crippen molar-refractivity contribution in [3.05, 3.63) is 55.8 Å². The lowest BCUT2D eigenvalue weighted by atomic mass is 9.78. The van der Waals surface area contributed by atoms with E-state index in [1.54, 1.807) is 6.92 Å². The molecule has 0 atom stereocenters. The molecule has 62 heavy (non-hydrogen) atoms. The van der Waals surface area contributed by atoms with Gasteiger partial charge in [0.15, 0.2) is 0 Å². The standard InChI is InChI=1S/C16H28O3.C13H19N3O7.2C10H20/c1-14(2)15(18)19-13-16(12-17)10-8-6-4-3-5-7-9-11-16;1-9(2)10(19)23-8-5-16-12(21)14(3-6-17)11(20)15(4-7-18)13(16)22;2*1-2-4-6-8-10-9-7-5-3-1/h17H,1,3-13H2,2H3;17-18H,1,3-8H2,2H3;2*1-10H2. The highest BCUT2D eigenvalue weighted by atomic mass is 16.5. The van der Waals surface area contributed by atoms with E-state index in [0.29, 0.717) is 25.9 Å². The number of rotatable bonds is 12. The molecule has 0 aliphatic heterocycles. The lowest BCUT2D eigenvalue weighted by Crippen LogP contribution is -2.55. The van der Waals surface area contributed by atoms with Gasteiger partial charge in [-0.3, -0.25) is 0 Å². The van der Waals surface area contributed by atoms with E-state index in [1.807, 2.05) is 0 Å². The molecule has 0 unspecified atom stereocenters. The zero-order valence-corrected chi connectivity index (χ0v) is 39.1. The van der Waals surface area contributed by atoms with Crippen molar-refractivity contribution in [2.24, 2.45) is 5.41 Å². The first kappa shape index (κ1) is 56.7. The van der Waals surface area contributed by atoms with Crippen LogP contribution in [0.3, 0.4) is 0 Å². The molecule has 0 aromatic carbocycles. The number of hydrogen-bond donors (Lipinski definition) is 3. The van der Waals surface area contributed by atoms with Gasteiger partial charge in [-0.15, -0.1) is 0 Å². The van der Waals surface area contributed by atoms with Crippen LogP contribution in [0.5, 0.6) is 0 Å². The SMILES string of the molecule is C1CCCCCCCCC1.C1CCCCCCCCC1.C=C(C)C(=O)OCC1(CO)CCCCCCCCC1.C=C(C)C(=O)OCCn1c(=O)n(CCO)c(=O)n(CCO)c1=O. The molecule has 1 heterocycles.